The Hall–Kier alpha value is -1.95. The molecule has 1 heterocycles. The van der Waals surface area contributed by atoms with Crippen molar-refractivity contribution in [2.75, 3.05) is 37.6 Å². The van der Waals surface area contributed by atoms with Crippen molar-refractivity contribution in [1.29, 1.82) is 0 Å². The van der Waals surface area contributed by atoms with Crippen LogP contribution in [0.25, 0.3) is 0 Å². The fourth-order valence-corrected chi connectivity index (χ4v) is 2.25. The standard InChI is InChI=1S/C13H18N4O2/c18-10-15-4-3-11-1-2-13(12(9-11)16-19)17-7-5-14-6-8-17/h1-2,9-10,14H,3-8H2,(H,15,18). The van der Waals surface area contributed by atoms with Gasteiger partial charge in [0.15, 0.2) is 0 Å². The molecule has 19 heavy (non-hydrogen) atoms. The molecule has 1 amide bonds. The number of nitrogens with one attached hydrogen (secondary N) is 2. The lowest BCUT2D eigenvalue weighted by Gasteiger charge is -2.30. The van der Waals surface area contributed by atoms with Crippen LogP contribution in [0.3, 0.4) is 0 Å². The van der Waals surface area contributed by atoms with Crippen molar-refractivity contribution in [1.82, 2.24) is 10.6 Å². The Morgan fingerprint density at radius 3 is 2.84 bits per heavy atom. The maximum absolute atomic E-state index is 11.0. The van der Waals surface area contributed by atoms with Crippen LogP contribution in [0.1, 0.15) is 5.56 Å². The fraction of sp³-hybridized carbons (Fsp3) is 0.462. The Kier molecular flexibility index (Phi) is 4.85. The molecule has 0 atom stereocenters. The van der Waals surface area contributed by atoms with Gasteiger partial charge in [-0.3, -0.25) is 4.79 Å². The third-order valence-corrected chi connectivity index (χ3v) is 3.24. The number of carbonyl (C=O) groups excluding carboxylic acids is 1. The monoisotopic (exact) mass is 262 g/mol. The largest absolute Gasteiger partial charge is 0.367 e. The summed E-state index contributed by atoms with van der Waals surface area (Å²) in [5.41, 5.74) is 2.37. The van der Waals surface area contributed by atoms with Crippen molar-refractivity contribution in [3.05, 3.63) is 28.7 Å². The van der Waals surface area contributed by atoms with E-state index in [2.05, 4.69) is 20.7 Å². The second kappa shape index (κ2) is 6.84. The van der Waals surface area contributed by atoms with Crippen LogP contribution >= 0.6 is 0 Å². The summed E-state index contributed by atoms with van der Waals surface area (Å²) in [4.78, 5) is 23.3. The molecule has 6 heteroatoms. The van der Waals surface area contributed by atoms with Crippen LogP contribution in [-0.4, -0.2) is 39.1 Å². The maximum atomic E-state index is 11.0. The average molecular weight is 262 g/mol. The molecule has 1 aliphatic heterocycles. The first-order valence-corrected chi connectivity index (χ1v) is 6.44. The molecule has 2 N–H and O–H groups in total. The second-order valence-corrected chi connectivity index (χ2v) is 4.47. The lowest BCUT2D eigenvalue weighted by atomic mass is 10.1. The summed E-state index contributed by atoms with van der Waals surface area (Å²) in [5.74, 6) is 0. The number of piperazine rings is 1. The zero-order valence-corrected chi connectivity index (χ0v) is 10.8. The van der Waals surface area contributed by atoms with Gasteiger partial charge in [-0.25, -0.2) is 0 Å². The van der Waals surface area contributed by atoms with Crippen molar-refractivity contribution in [3.8, 4) is 0 Å². The molecule has 1 fully saturated rings. The van der Waals surface area contributed by atoms with E-state index in [1.54, 1.807) is 6.07 Å². The minimum absolute atomic E-state index is 0.477. The van der Waals surface area contributed by atoms with Gasteiger partial charge in [0, 0.05) is 32.7 Å². The van der Waals surface area contributed by atoms with Gasteiger partial charge in [0.05, 0.1) is 5.69 Å². The van der Waals surface area contributed by atoms with Crippen molar-refractivity contribution in [2.45, 2.75) is 6.42 Å². The number of benzene rings is 1. The number of nitroso groups, excluding NO2 is 1. The third kappa shape index (κ3) is 3.51. The SMILES string of the molecule is O=CNCCc1ccc(N2CCNCC2)c(N=O)c1. The topological polar surface area (TPSA) is 73.8 Å². The number of anilines is 1. The number of rotatable bonds is 6. The fourth-order valence-electron chi connectivity index (χ4n) is 2.25. The van der Waals surface area contributed by atoms with Gasteiger partial charge in [-0.05, 0) is 29.3 Å². The van der Waals surface area contributed by atoms with Gasteiger partial charge < -0.3 is 15.5 Å². The lowest BCUT2D eigenvalue weighted by Crippen LogP contribution is -2.43. The molecule has 6 nitrogen and oxygen atoms in total. The summed E-state index contributed by atoms with van der Waals surface area (Å²) in [5, 5.41) is 9.01. The summed E-state index contributed by atoms with van der Waals surface area (Å²) in [6.45, 7) is 4.17. The molecule has 0 unspecified atom stereocenters. The first-order chi connectivity index (χ1) is 9.35. The maximum Gasteiger partial charge on any atom is 0.207 e. The minimum Gasteiger partial charge on any atom is -0.367 e. The molecule has 0 radical (unpaired) electrons. The highest BCUT2D eigenvalue weighted by atomic mass is 16.3. The second-order valence-electron chi connectivity index (χ2n) is 4.47. The van der Waals surface area contributed by atoms with Gasteiger partial charge in [-0.2, -0.15) is 0 Å². The molecule has 0 aromatic heterocycles. The van der Waals surface area contributed by atoms with Crippen molar-refractivity contribution < 1.29 is 4.79 Å². The predicted octanol–water partition coefficient (Wildman–Crippen LogP) is 0.783. The van der Waals surface area contributed by atoms with Crippen LogP contribution in [0, 0.1) is 4.91 Å². The molecule has 0 spiro atoms. The van der Waals surface area contributed by atoms with Gasteiger partial charge in [-0.15, -0.1) is 4.91 Å². The van der Waals surface area contributed by atoms with Crippen LogP contribution < -0.4 is 15.5 Å². The molecule has 1 aliphatic rings. The highest BCUT2D eigenvalue weighted by Gasteiger charge is 2.15. The Balaban J connectivity index is 2.11. The lowest BCUT2D eigenvalue weighted by molar-refractivity contribution is -0.109. The van der Waals surface area contributed by atoms with Crippen molar-refractivity contribution in [2.24, 2.45) is 5.18 Å². The van der Waals surface area contributed by atoms with E-state index in [1.807, 2.05) is 12.1 Å². The summed E-state index contributed by atoms with van der Waals surface area (Å²) in [6.07, 6.45) is 1.37. The predicted molar refractivity (Wildman–Crippen MR) is 74.8 cm³/mol. The summed E-state index contributed by atoms with van der Waals surface area (Å²) in [6, 6.07) is 5.73. The van der Waals surface area contributed by atoms with Crippen LogP contribution in [0.5, 0.6) is 0 Å². The van der Waals surface area contributed by atoms with E-state index in [4.69, 9.17) is 0 Å². The zero-order valence-electron chi connectivity index (χ0n) is 10.8. The highest BCUT2D eigenvalue weighted by molar-refractivity contribution is 5.68. The van der Waals surface area contributed by atoms with Crippen LogP contribution in [0.2, 0.25) is 0 Å². The van der Waals surface area contributed by atoms with E-state index in [9.17, 15) is 9.70 Å². The van der Waals surface area contributed by atoms with Gasteiger partial charge in [0.1, 0.15) is 5.69 Å². The summed E-state index contributed by atoms with van der Waals surface area (Å²) >= 11 is 0. The van der Waals surface area contributed by atoms with E-state index in [-0.39, 0.29) is 0 Å². The van der Waals surface area contributed by atoms with Gasteiger partial charge in [-0.1, -0.05) is 6.07 Å². The molecule has 0 saturated carbocycles. The van der Waals surface area contributed by atoms with E-state index in [0.29, 0.717) is 25.1 Å². The molecular weight excluding hydrogens is 244 g/mol. The first kappa shape index (κ1) is 13.5. The van der Waals surface area contributed by atoms with Crippen molar-refractivity contribution in [3.63, 3.8) is 0 Å². The molecular formula is C13H18N4O2. The van der Waals surface area contributed by atoms with Crippen LogP contribution in [0.4, 0.5) is 11.4 Å². The van der Waals surface area contributed by atoms with Gasteiger partial charge >= 0.3 is 0 Å². The highest BCUT2D eigenvalue weighted by Crippen LogP contribution is 2.30. The molecule has 0 bridgehead atoms. The number of amides is 1. The van der Waals surface area contributed by atoms with Gasteiger partial charge in [0.25, 0.3) is 0 Å². The Bertz CT molecular complexity index is 444. The van der Waals surface area contributed by atoms with Crippen molar-refractivity contribution >= 4 is 17.8 Å². The molecule has 1 aromatic rings. The number of nitrogens with zero attached hydrogens (tertiary/aromatic N) is 2. The Labute approximate surface area is 112 Å². The quantitative estimate of drug-likeness (QED) is 0.451. The summed E-state index contributed by atoms with van der Waals surface area (Å²) in [7, 11) is 0. The smallest absolute Gasteiger partial charge is 0.207 e. The third-order valence-electron chi connectivity index (χ3n) is 3.24. The van der Waals surface area contributed by atoms with Gasteiger partial charge in [0.2, 0.25) is 6.41 Å². The number of hydrogen-bond acceptors (Lipinski definition) is 5. The zero-order chi connectivity index (χ0) is 13.5. The number of hydrogen-bond donors (Lipinski definition) is 2. The van der Waals surface area contributed by atoms with E-state index >= 15 is 0 Å². The minimum atomic E-state index is 0.477. The Morgan fingerprint density at radius 1 is 1.37 bits per heavy atom. The first-order valence-electron chi connectivity index (χ1n) is 6.44. The van der Waals surface area contributed by atoms with Crippen LogP contribution in [0.15, 0.2) is 23.4 Å². The molecule has 0 aliphatic carbocycles. The molecule has 2 rings (SSSR count). The van der Waals surface area contributed by atoms with E-state index in [0.717, 1.165) is 37.4 Å². The number of carbonyl (C=O) groups is 1. The average Bonchev–Trinajstić information content (AvgIpc) is 2.48. The Morgan fingerprint density at radius 2 is 2.16 bits per heavy atom. The van der Waals surface area contributed by atoms with E-state index in [1.165, 1.54) is 0 Å². The molecule has 1 aromatic carbocycles. The molecule has 102 valence electrons. The summed E-state index contributed by atoms with van der Waals surface area (Å²) < 4.78 is 0. The normalized spacial score (nSPS) is 15.1. The van der Waals surface area contributed by atoms with E-state index < -0.39 is 0 Å². The molecule has 1 saturated heterocycles. The van der Waals surface area contributed by atoms with Crippen LogP contribution in [-0.2, 0) is 11.2 Å².